The van der Waals surface area contributed by atoms with E-state index in [9.17, 15) is 0 Å². The Balaban J connectivity index is 1.51. The molecule has 2 N–H and O–H groups in total. The van der Waals surface area contributed by atoms with Crippen molar-refractivity contribution in [1.29, 1.82) is 0 Å². The van der Waals surface area contributed by atoms with Gasteiger partial charge in [-0.15, -0.1) is 5.10 Å². The molecule has 1 aromatic heterocycles. The topological polar surface area (TPSA) is 72.2 Å². The lowest BCUT2D eigenvalue weighted by molar-refractivity contribution is 0.0895. The molecule has 2 fully saturated rings. The van der Waals surface area contributed by atoms with Crippen LogP contribution >= 0.6 is 0 Å². The van der Waals surface area contributed by atoms with Crippen molar-refractivity contribution in [1.82, 2.24) is 15.5 Å². The second-order valence-corrected chi connectivity index (χ2v) is 5.39. The lowest BCUT2D eigenvalue weighted by Gasteiger charge is -2.17. The van der Waals surface area contributed by atoms with Gasteiger partial charge in [0.2, 0.25) is 5.89 Å². The Morgan fingerprint density at radius 3 is 2.95 bits per heavy atom. The highest BCUT2D eigenvalue weighted by Gasteiger charge is 2.41. The molecule has 2 aliphatic rings. The molecule has 2 unspecified atom stereocenters. The van der Waals surface area contributed by atoms with Crippen molar-refractivity contribution < 1.29 is 9.15 Å². The molecule has 6 heteroatoms. The molecular formula is C13H22N4O2. The van der Waals surface area contributed by atoms with E-state index in [1.807, 2.05) is 0 Å². The first-order valence-corrected chi connectivity index (χ1v) is 7.28. The third kappa shape index (κ3) is 3.25. The van der Waals surface area contributed by atoms with Crippen molar-refractivity contribution in [2.75, 3.05) is 18.5 Å². The molecule has 0 amide bonds. The average molecular weight is 266 g/mol. The Hall–Kier alpha value is -1.14. The zero-order valence-electron chi connectivity index (χ0n) is 11.4. The molecule has 0 spiro atoms. The minimum atomic E-state index is 0.324. The van der Waals surface area contributed by atoms with Crippen LogP contribution in [0.5, 0.6) is 0 Å². The molecule has 0 aromatic carbocycles. The highest BCUT2D eigenvalue weighted by molar-refractivity contribution is 5.22. The molecular weight excluding hydrogens is 244 g/mol. The number of anilines is 1. The summed E-state index contributed by atoms with van der Waals surface area (Å²) in [5.74, 6) is 1.37. The first kappa shape index (κ1) is 12.9. The van der Waals surface area contributed by atoms with Crippen LogP contribution in [0.4, 0.5) is 6.01 Å². The number of aromatic nitrogens is 2. The van der Waals surface area contributed by atoms with Gasteiger partial charge < -0.3 is 19.8 Å². The van der Waals surface area contributed by atoms with Gasteiger partial charge in [-0.25, -0.2) is 0 Å². The maximum absolute atomic E-state index is 5.78. The number of hydrogen-bond acceptors (Lipinski definition) is 6. The van der Waals surface area contributed by atoms with Gasteiger partial charge >= 0.3 is 6.01 Å². The lowest BCUT2D eigenvalue weighted by Crippen LogP contribution is -2.31. The van der Waals surface area contributed by atoms with Crippen molar-refractivity contribution in [2.45, 2.75) is 51.3 Å². The van der Waals surface area contributed by atoms with Gasteiger partial charge in [0.25, 0.3) is 0 Å². The second-order valence-electron chi connectivity index (χ2n) is 5.39. The summed E-state index contributed by atoms with van der Waals surface area (Å²) in [6.45, 7) is 4.56. The molecule has 0 bridgehead atoms. The number of ether oxygens (including phenoxy) is 1. The van der Waals surface area contributed by atoms with Gasteiger partial charge in [-0.05, 0) is 38.1 Å². The Labute approximate surface area is 113 Å². The van der Waals surface area contributed by atoms with Gasteiger partial charge in [-0.3, -0.25) is 0 Å². The molecule has 1 saturated heterocycles. The average Bonchev–Trinajstić information content (AvgIpc) is 2.99. The van der Waals surface area contributed by atoms with E-state index in [0.29, 0.717) is 30.6 Å². The molecule has 3 rings (SSSR count). The predicted octanol–water partition coefficient (Wildman–Crippen LogP) is 1.55. The van der Waals surface area contributed by atoms with Crippen LogP contribution in [0.1, 0.15) is 38.5 Å². The van der Waals surface area contributed by atoms with Gasteiger partial charge in [0, 0.05) is 6.61 Å². The summed E-state index contributed by atoms with van der Waals surface area (Å²) < 4.78 is 11.4. The Morgan fingerprint density at radius 1 is 1.26 bits per heavy atom. The van der Waals surface area contributed by atoms with E-state index in [4.69, 9.17) is 9.15 Å². The minimum Gasteiger partial charge on any atom is -0.407 e. The Morgan fingerprint density at radius 2 is 2.16 bits per heavy atom. The predicted molar refractivity (Wildman–Crippen MR) is 70.8 cm³/mol. The summed E-state index contributed by atoms with van der Waals surface area (Å²) in [4.78, 5) is 0. The maximum Gasteiger partial charge on any atom is 0.315 e. The van der Waals surface area contributed by atoms with Crippen LogP contribution in [0, 0.1) is 5.92 Å². The maximum atomic E-state index is 5.78. The quantitative estimate of drug-likeness (QED) is 0.730. The van der Waals surface area contributed by atoms with Crippen molar-refractivity contribution in [3.63, 3.8) is 0 Å². The molecule has 1 saturated carbocycles. The molecule has 6 nitrogen and oxygen atoms in total. The summed E-state index contributed by atoms with van der Waals surface area (Å²) in [6.07, 6.45) is 5.03. The highest BCUT2D eigenvalue weighted by atomic mass is 16.5. The normalized spacial score (nSPS) is 26.8. The zero-order chi connectivity index (χ0) is 13.1. The van der Waals surface area contributed by atoms with E-state index in [1.54, 1.807) is 0 Å². The summed E-state index contributed by atoms with van der Waals surface area (Å²) in [7, 11) is 0. The first-order valence-electron chi connectivity index (χ1n) is 7.28. The summed E-state index contributed by atoms with van der Waals surface area (Å²) >= 11 is 0. The van der Waals surface area contributed by atoms with Crippen LogP contribution in [0.25, 0.3) is 0 Å². The van der Waals surface area contributed by atoms with Crippen LogP contribution in [0.2, 0.25) is 0 Å². The monoisotopic (exact) mass is 266 g/mol. The zero-order valence-corrected chi connectivity index (χ0v) is 11.4. The fraction of sp³-hybridized carbons (Fsp3) is 0.846. The van der Waals surface area contributed by atoms with Crippen LogP contribution < -0.4 is 10.6 Å². The number of nitrogens with zero attached hydrogens (tertiary/aromatic N) is 2. The molecule has 19 heavy (non-hydrogen) atoms. The van der Waals surface area contributed by atoms with E-state index in [1.165, 1.54) is 12.8 Å². The summed E-state index contributed by atoms with van der Waals surface area (Å²) in [5.41, 5.74) is 0. The van der Waals surface area contributed by atoms with Crippen LogP contribution in [0.3, 0.4) is 0 Å². The number of hydrogen-bond donors (Lipinski definition) is 2. The Kier molecular flexibility index (Phi) is 3.98. The van der Waals surface area contributed by atoms with Crippen LogP contribution in [-0.4, -0.2) is 35.5 Å². The second kappa shape index (κ2) is 5.88. The van der Waals surface area contributed by atoms with E-state index in [-0.39, 0.29) is 0 Å². The highest BCUT2D eigenvalue weighted by Crippen LogP contribution is 2.39. The van der Waals surface area contributed by atoms with Gasteiger partial charge in [-0.2, -0.15) is 0 Å². The van der Waals surface area contributed by atoms with Crippen molar-refractivity contribution in [3.8, 4) is 0 Å². The fourth-order valence-electron chi connectivity index (χ4n) is 2.57. The molecule has 1 aromatic rings. The molecule has 1 aliphatic heterocycles. The van der Waals surface area contributed by atoms with E-state index in [0.717, 1.165) is 31.9 Å². The fourth-order valence-corrected chi connectivity index (χ4v) is 2.57. The van der Waals surface area contributed by atoms with Gasteiger partial charge in [-0.1, -0.05) is 12.0 Å². The third-order valence-corrected chi connectivity index (χ3v) is 3.70. The molecule has 1 aliphatic carbocycles. The largest absolute Gasteiger partial charge is 0.407 e. The first-order chi connectivity index (χ1) is 9.36. The van der Waals surface area contributed by atoms with Gasteiger partial charge in [0.05, 0.1) is 18.7 Å². The smallest absolute Gasteiger partial charge is 0.315 e. The van der Waals surface area contributed by atoms with Crippen molar-refractivity contribution in [2.24, 2.45) is 5.92 Å². The van der Waals surface area contributed by atoms with Gasteiger partial charge in [0.15, 0.2) is 0 Å². The lowest BCUT2D eigenvalue weighted by atomic mass is 10.1. The van der Waals surface area contributed by atoms with Gasteiger partial charge in [0.1, 0.15) is 0 Å². The molecule has 106 valence electrons. The SMILES string of the molecule is CCCNCc1nnc(NC2CCOC2C2CC2)o1. The molecule has 0 radical (unpaired) electrons. The van der Waals surface area contributed by atoms with E-state index >= 15 is 0 Å². The van der Waals surface area contributed by atoms with Crippen molar-refractivity contribution >= 4 is 6.01 Å². The Bertz CT molecular complexity index is 405. The van der Waals surface area contributed by atoms with Crippen LogP contribution in [-0.2, 0) is 11.3 Å². The van der Waals surface area contributed by atoms with Crippen LogP contribution in [0.15, 0.2) is 4.42 Å². The third-order valence-electron chi connectivity index (χ3n) is 3.70. The molecule has 2 heterocycles. The number of nitrogens with one attached hydrogen (secondary N) is 2. The number of rotatable bonds is 7. The minimum absolute atomic E-state index is 0.324. The summed E-state index contributed by atoms with van der Waals surface area (Å²) in [5, 5.41) is 14.7. The molecule has 2 atom stereocenters. The summed E-state index contributed by atoms with van der Waals surface area (Å²) in [6, 6.07) is 0.846. The van der Waals surface area contributed by atoms with E-state index < -0.39 is 0 Å². The van der Waals surface area contributed by atoms with Crippen molar-refractivity contribution in [3.05, 3.63) is 5.89 Å². The van der Waals surface area contributed by atoms with E-state index in [2.05, 4.69) is 27.8 Å². The standard InChI is InChI=1S/C13H22N4O2/c1-2-6-14-8-11-16-17-13(19-11)15-10-5-7-18-12(10)9-3-4-9/h9-10,12,14H,2-8H2,1H3,(H,15,17).